The average molecular weight is 259 g/mol. The first-order valence-electron chi connectivity index (χ1n) is 5.54. The van der Waals surface area contributed by atoms with Crippen LogP contribution >= 0.6 is 11.6 Å². The fraction of sp³-hybridized carbons (Fsp3) is 0.417. The van der Waals surface area contributed by atoms with Crippen LogP contribution in [0.4, 0.5) is 4.39 Å². The SMILES string of the molecule is CCCNCC(=O)NCc1ccc(F)c(Cl)c1. The Labute approximate surface area is 105 Å². The summed E-state index contributed by atoms with van der Waals surface area (Å²) < 4.78 is 12.9. The molecule has 0 aromatic heterocycles. The Morgan fingerprint density at radius 1 is 1.47 bits per heavy atom. The third kappa shape index (κ3) is 5.15. The first kappa shape index (κ1) is 13.9. The summed E-state index contributed by atoms with van der Waals surface area (Å²) in [7, 11) is 0. The van der Waals surface area contributed by atoms with Crippen molar-refractivity contribution in [2.75, 3.05) is 13.1 Å². The van der Waals surface area contributed by atoms with Gasteiger partial charge >= 0.3 is 0 Å². The zero-order valence-corrected chi connectivity index (χ0v) is 10.5. The number of rotatable bonds is 6. The molecule has 1 rings (SSSR count). The molecule has 0 saturated carbocycles. The zero-order valence-electron chi connectivity index (χ0n) is 9.72. The Bertz CT molecular complexity index is 385. The van der Waals surface area contributed by atoms with E-state index >= 15 is 0 Å². The third-order valence-corrected chi connectivity index (χ3v) is 2.48. The van der Waals surface area contributed by atoms with E-state index in [0.717, 1.165) is 18.5 Å². The van der Waals surface area contributed by atoms with Gasteiger partial charge in [-0.1, -0.05) is 24.6 Å². The fourth-order valence-electron chi connectivity index (χ4n) is 1.29. The molecular formula is C12H16ClFN2O. The van der Waals surface area contributed by atoms with Gasteiger partial charge in [0.15, 0.2) is 0 Å². The van der Waals surface area contributed by atoms with Crippen molar-refractivity contribution in [2.24, 2.45) is 0 Å². The Kier molecular flexibility index (Phi) is 5.94. The maximum atomic E-state index is 12.9. The molecule has 0 radical (unpaired) electrons. The standard InChI is InChI=1S/C12H16ClFN2O/c1-2-5-15-8-12(17)16-7-9-3-4-11(14)10(13)6-9/h3-4,6,15H,2,5,7-8H2,1H3,(H,16,17). The van der Waals surface area contributed by atoms with Crippen LogP contribution in [0.25, 0.3) is 0 Å². The second-order valence-corrected chi connectivity index (χ2v) is 4.11. The van der Waals surface area contributed by atoms with Gasteiger partial charge in [0.05, 0.1) is 11.6 Å². The van der Waals surface area contributed by atoms with E-state index in [1.807, 2.05) is 6.92 Å². The van der Waals surface area contributed by atoms with E-state index < -0.39 is 5.82 Å². The minimum absolute atomic E-state index is 0.0702. The summed E-state index contributed by atoms with van der Waals surface area (Å²) in [5, 5.41) is 5.79. The van der Waals surface area contributed by atoms with Gasteiger partial charge in [-0.25, -0.2) is 4.39 Å². The molecule has 0 aliphatic heterocycles. The quantitative estimate of drug-likeness (QED) is 0.768. The van der Waals surface area contributed by atoms with Crippen molar-refractivity contribution >= 4 is 17.5 Å². The zero-order chi connectivity index (χ0) is 12.7. The highest BCUT2D eigenvalue weighted by molar-refractivity contribution is 6.30. The van der Waals surface area contributed by atoms with Crippen molar-refractivity contribution in [1.82, 2.24) is 10.6 Å². The second-order valence-electron chi connectivity index (χ2n) is 3.70. The van der Waals surface area contributed by atoms with Crippen LogP contribution in [0, 0.1) is 5.82 Å². The number of carbonyl (C=O) groups is 1. The Hall–Kier alpha value is -1.13. The Morgan fingerprint density at radius 2 is 2.24 bits per heavy atom. The monoisotopic (exact) mass is 258 g/mol. The molecule has 17 heavy (non-hydrogen) atoms. The van der Waals surface area contributed by atoms with Gasteiger partial charge in [0.25, 0.3) is 0 Å². The van der Waals surface area contributed by atoms with Crippen LogP contribution < -0.4 is 10.6 Å². The number of benzene rings is 1. The van der Waals surface area contributed by atoms with Gasteiger partial charge in [0, 0.05) is 6.54 Å². The summed E-state index contributed by atoms with van der Waals surface area (Å²) in [4.78, 5) is 11.4. The van der Waals surface area contributed by atoms with E-state index in [0.29, 0.717) is 13.1 Å². The van der Waals surface area contributed by atoms with Gasteiger partial charge in [-0.15, -0.1) is 0 Å². The molecule has 0 atom stereocenters. The first-order chi connectivity index (χ1) is 8.13. The van der Waals surface area contributed by atoms with Crippen LogP contribution in [-0.4, -0.2) is 19.0 Å². The molecule has 0 heterocycles. The lowest BCUT2D eigenvalue weighted by Gasteiger charge is -2.06. The summed E-state index contributed by atoms with van der Waals surface area (Å²) in [6.45, 7) is 3.50. The Morgan fingerprint density at radius 3 is 2.88 bits per heavy atom. The van der Waals surface area contributed by atoms with E-state index in [4.69, 9.17) is 11.6 Å². The predicted octanol–water partition coefficient (Wildman–Crippen LogP) is 2.09. The molecule has 1 aromatic carbocycles. The van der Waals surface area contributed by atoms with Crippen molar-refractivity contribution in [2.45, 2.75) is 19.9 Å². The van der Waals surface area contributed by atoms with Crippen molar-refractivity contribution in [3.05, 3.63) is 34.6 Å². The van der Waals surface area contributed by atoms with Gasteiger partial charge in [0.1, 0.15) is 5.82 Å². The molecule has 0 bridgehead atoms. The molecule has 2 N–H and O–H groups in total. The van der Waals surface area contributed by atoms with E-state index in [1.54, 1.807) is 6.07 Å². The number of hydrogen-bond acceptors (Lipinski definition) is 2. The van der Waals surface area contributed by atoms with Crippen LogP contribution in [0.5, 0.6) is 0 Å². The normalized spacial score (nSPS) is 10.3. The Balaban J connectivity index is 2.34. The molecule has 3 nitrogen and oxygen atoms in total. The van der Waals surface area contributed by atoms with Crippen LogP contribution in [0.1, 0.15) is 18.9 Å². The molecule has 0 aliphatic carbocycles. The number of carbonyl (C=O) groups excluding carboxylic acids is 1. The highest BCUT2D eigenvalue weighted by atomic mass is 35.5. The number of halogens is 2. The first-order valence-corrected chi connectivity index (χ1v) is 5.92. The highest BCUT2D eigenvalue weighted by Crippen LogP contribution is 2.15. The molecule has 0 spiro atoms. The van der Waals surface area contributed by atoms with Crippen molar-refractivity contribution in [3.63, 3.8) is 0 Å². The van der Waals surface area contributed by atoms with Gasteiger partial charge in [-0.2, -0.15) is 0 Å². The van der Waals surface area contributed by atoms with Gasteiger partial charge in [-0.3, -0.25) is 4.79 Å². The highest BCUT2D eigenvalue weighted by Gasteiger charge is 2.03. The summed E-state index contributed by atoms with van der Waals surface area (Å²) in [5.41, 5.74) is 0.778. The smallest absolute Gasteiger partial charge is 0.234 e. The van der Waals surface area contributed by atoms with Gasteiger partial charge in [-0.05, 0) is 30.7 Å². The molecule has 0 fully saturated rings. The lowest BCUT2D eigenvalue weighted by Crippen LogP contribution is -2.33. The summed E-state index contributed by atoms with van der Waals surface area (Å²) >= 11 is 5.63. The average Bonchev–Trinajstić information content (AvgIpc) is 2.31. The molecule has 1 aromatic rings. The minimum Gasteiger partial charge on any atom is -0.351 e. The number of hydrogen-bond donors (Lipinski definition) is 2. The number of amides is 1. The van der Waals surface area contributed by atoms with E-state index in [2.05, 4.69) is 10.6 Å². The molecule has 94 valence electrons. The van der Waals surface area contributed by atoms with Crippen molar-refractivity contribution in [1.29, 1.82) is 0 Å². The lowest BCUT2D eigenvalue weighted by atomic mass is 10.2. The van der Waals surface area contributed by atoms with Crippen LogP contribution in [-0.2, 0) is 11.3 Å². The number of nitrogens with one attached hydrogen (secondary N) is 2. The minimum atomic E-state index is -0.452. The second kappa shape index (κ2) is 7.25. The van der Waals surface area contributed by atoms with E-state index in [9.17, 15) is 9.18 Å². The molecule has 0 saturated heterocycles. The van der Waals surface area contributed by atoms with Crippen LogP contribution in [0.3, 0.4) is 0 Å². The maximum Gasteiger partial charge on any atom is 0.234 e. The third-order valence-electron chi connectivity index (χ3n) is 2.19. The van der Waals surface area contributed by atoms with E-state index in [-0.39, 0.29) is 10.9 Å². The molecule has 1 amide bonds. The molecule has 0 aliphatic rings. The maximum absolute atomic E-state index is 12.9. The predicted molar refractivity (Wildman–Crippen MR) is 66.4 cm³/mol. The summed E-state index contributed by atoms with van der Waals surface area (Å²) in [5.74, 6) is -0.537. The molecule has 5 heteroatoms. The summed E-state index contributed by atoms with van der Waals surface area (Å²) in [6, 6.07) is 4.40. The van der Waals surface area contributed by atoms with Crippen molar-refractivity contribution < 1.29 is 9.18 Å². The van der Waals surface area contributed by atoms with Gasteiger partial charge < -0.3 is 10.6 Å². The van der Waals surface area contributed by atoms with Crippen LogP contribution in [0.2, 0.25) is 5.02 Å². The van der Waals surface area contributed by atoms with Crippen LogP contribution in [0.15, 0.2) is 18.2 Å². The largest absolute Gasteiger partial charge is 0.351 e. The van der Waals surface area contributed by atoms with E-state index in [1.165, 1.54) is 12.1 Å². The molecular weight excluding hydrogens is 243 g/mol. The summed E-state index contributed by atoms with van der Waals surface area (Å²) in [6.07, 6.45) is 0.987. The van der Waals surface area contributed by atoms with Gasteiger partial charge in [0.2, 0.25) is 5.91 Å². The molecule has 0 unspecified atom stereocenters. The fourth-order valence-corrected chi connectivity index (χ4v) is 1.49. The van der Waals surface area contributed by atoms with Crippen molar-refractivity contribution in [3.8, 4) is 0 Å². The topological polar surface area (TPSA) is 41.1 Å². The lowest BCUT2D eigenvalue weighted by molar-refractivity contribution is -0.120.